The molecule has 0 saturated heterocycles. The smallest absolute Gasteiger partial charge is 0.406 e. The van der Waals surface area contributed by atoms with Gasteiger partial charge in [0.25, 0.3) is 0 Å². The molecule has 0 aliphatic carbocycles. The number of carbonyl (C=O) groups excluding carboxylic acids is 1. The fraction of sp³-hybridized carbons (Fsp3) is 0.286. The minimum atomic E-state index is -4.78. The Kier molecular flexibility index (Phi) is 6.23. The first kappa shape index (κ1) is 21.9. The lowest BCUT2D eigenvalue weighted by molar-refractivity contribution is -0.274. The lowest BCUT2D eigenvalue weighted by Gasteiger charge is -2.16. The zero-order chi connectivity index (χ0) is 21.9. The number of ketones is 1. The highest BCUT2D eigenvalue weighted by Crippen LogP contribution is 2.28. The van der Waals surface area contributed by atoms with Gasteiger partial charge in [0.15, 0.2) is 11.6 Å². The van der Waals surface area contributed by atoms with E-state index in [4.69, 9.17) is 0 Å². The van der Waals surface area contributed by atoms with E-state index in [9.17, 15) is 23.1 Å². The molecule has 0 aliphatic rings. The monoisotopic (exact) mass is 436 g/mol. The molecule has 0 fully saturated rings. The molecule has 0 unspecified atom stereocenters. The summed E-state index contributed by atoms with van der Waals surface area (Å²) < 4.78 is 41.0. The molecule has 3 aromatic rings. The average molecular weight is 436 g/mol. The van der Waals surface area contributed by atoms with Crippen molar-refractivity contribution in [2.45, 2.75) is 38.7 Å². The van der Waals surface area contributed by atoms with Gasteiger partial charge in [0.1, 0.15) is 11.4 Å². The van der Waals surface area contributed by atoms with Crippen molar-refractivity contribution in [1.82, 2.24) is 9.97 Å². The Balaban J connectivity index is 1.95. The number of hydrogen-bond acceptors (Lipinski definition) is 6. The summed E-state index contributed by atoms with van der Waals surface area (Å²) in [5.41, 5.74) is 0.837. The van der Waals surface area contributed by atoms with Crippen LogP contribution in [0.2, 0.25) is 0 Å². The highest BCUT2D eigenvalue weighted by atomic mass is 32.1. The highest BCUT2D eigenvalue weighted by Gasteiger charge is 2.31. The SMILES string of the molecule is CC(C)(O)CCC(=O)c1cc(-c2ccc(OC(F)(F)F)cc2)nc(-c2ccsc2)n1. The van der Waals surface area contributed by atoms with E-state index in [1.165, 1.54) is 41.7 Å². The van der Waals surface area contributed by atoms with Crippen molar-refractivity contribution >= 4 is 17.1 Å². The average Bonchev–Trinajstić information content (AvgIpc) is 3.19. The number of carbonyl (C=O) groups is 1. The maximum absolute atomic E-state index is 12.7. The molecule has 1 N–H and O–H groups in total. The minimum Gasteiger partial charge on any atom is -0.406 e. The number of aliphatic hydroxyl groups is 1. The molecule has 5 nitrogen and oxygen atoms in total. The van der Waals surface area contributed by atoms with E-state index in [-0.39, 0.29) is 30.1 Å². The van der Waals surface area contributed by atoms with E-state index >= 15 is 0 Å². The number of aromatic nitrogens is 2. The Hall–Kier alpha value is -2.78. The number of hydrogen-bond donors (Lipinski definition) is 1. The van der Waals surface area contributed by atoms with Gasteiger partial charge in [-0.25, -0.2) is 9.97 Å². The van der Waals surface area contributed by atoms with Crippen molar-refractivity contribution < 1.29 is 27.8 Å². The third-order valence-corrected chi connectivity index (χ3v) is 4.82. The van der Waals surface area contributed by atoms with Crippen LogP contribution in [0.3, 0.4) is 0 Å². The molecule has 0 amide bonds. The molecule has 158 valence electrons. The Bertz CT molecular complexity index is 1010. The van der Waals surface area contributed by atoms with Gasteiger partial charge >= 0.3 is 6.36 Å². The van der Waals surface area contributed by atoms with Gasteiger partial charge in [-0.05, 0) is 62.0 Å². The van der Waals surface area contributed by atoms with Crippen LogP contribution in [-0.4, -0.2) is 32.8 Å². The molecular weight excluding hydrogens is 417 g/mol. The van der Waals surface area contributed by atoms with Crippen LogP contribution in [-0.2, 0) is 0 Å². The van der Waals surface area contributed by atoms with Gasteiger partial charge in [0, 0.05) is 22.9 Å². The topological polar surface area (TPSA) is 72.3 Å². The van der Waals surface area contributed by atoms with Crippen LogP contribution >= 0.6 is 11.3 Å². The third kappa shape index (κ3) is 6.11. The predicted molar refractivity (Wildman–Crippen MR) is 107 cm³/mol. The molecule has 30 heavy (non-hydrogen) atoms. The van der Waals surface area contributed by atoms with E-state index in [0.29, 0.717) is 17.1 Å². The van der Waals surface area contributed by atoms with E-state index in [0.717, 1.165) is 5.56 Å². The van der Waals surface area contributed by atoms with Crippen LogP contribution in [0.4, 0.5) is 13.2 Å². The zero-order valence-electron chi connectivity index (χ0n) is 16.2. The van der Waals surface area contributed by atoms with Gasteiger partial charge in [0.2, 0.25) is 0 Å². The number of Topliss-reactive ketones (excluding diaryl/α,β-unsaturated/α-hetero) is 1. The number of nitrogens with zero attached hydrogens (tertiary/aromatic N) is 2. The summed E-state index contributed by atoms with van der Waals surface area (Å²) in [6.45, 7) is 3.24. The van der Waals surface area contributed by atoms with E-state index in [1.54, 1.807) is 13.8 Å². The Morgan fingerprint density at radius 3 is 2.37 bits per heavy atom. The molecule has 0 aliphatic heterocycles. The molecule has 9 heteroatoms. The molecule has 2 aromatic heterocycles. The molecule has 0 saturated carbocycles. The molecule has 0 spiro atoms. The van der Waals surface area contributed by atoms with Gasteiger partial charge in [-0.1, -0.05) is 0 Å². The van der Waals surface area contributed by atoms with Crippen molar-refractivity contribution in [3.8, 4) is 28.4 Å². The standard InChI is InChI=1S/C21H19F3N2O3S/c1-20(2,28)9-7-18(27)17-11-16(25-19(26-17)14-8-10-30-12-14)13-3-5-15(6-4-13)29-21(22,23)24/h3-6,8,10-12,28H,7,9H2,1-2H3. The summed E-state index contributed by atoms with van der Waals surface area (Å²) in [5.74, 6) is -0.259. The van der Waals surface area contributed by atoms with Gasteiger partial charge in [-0.3, -0.25) is 4.79 Å². The van der Waals surface area contributed by atoms with Crippen LogP contribution in [0.25, 0.3) is 22.6 Å². The number of ether oxygens (including phenoxy) is 1. The Labute approximate surface area is 175 Å². The fourth-order valence-corrected chi connectivity index (χ4v) is 3.27. The lowest BCUT2D eigenvalue weighted by Crippen LogP contribution is -2.20. The molecule has 2 heterocycles. The Morgan fingerprint density at radius 1 is 1.10 bits per heavy atom. The summed E-state index contributed by atoms with van der Waals surface area (Å²) in [5, 5.41) is 13.6. The molecule has 0 atom stereocenters. The molecule has 0 bridgehead atoms. The summed E-state index contributed by atoms with van der Waals surface area (Å²) >= 11 is 1.45. The van der Waals surface area contributed by atoms with Gasteiger partial charge < -0.3 is 9.84 Å². The van der Waals surface area contributed by atoms with Crippen molar-refractivity contribution in [3.63, 3.8) is 0 Å². The summed E-state index contributed by atoms with van der Waals surface area (Å²) in [6.07, 6.45) is -4.41. The minimum absolute atomic E-state index is 0.0986. The normalized spacial score (nSPS) is 12.1. The van der Waals surface area contributed by atoms with Crippen molar-refractivity contribution in [1.29, 1.82) is 0 Å². The molecule has 3 rings (SSSR count). The number of halogens is 3. The van der Waals surface area contributed by atoms with Crippen LogP contribution in [0.15, 0.2) is 47.2 Å². The van der Waals surface area contributed by atoms with Gasteiger partial charge in [0.05, 0.1) is 11.3 Å². The van der Waals surface area contributed by atoms with Crippen LogP contribution < -0.4 is 4.74 Å². The fourth-order valence-electron chi connectivity index (χ4n) is 2.63. The number of thiophene rings is 1. The highest BCUT2D eigenvalue weighted by molar-refractivity contribution is 7.08. The third-order valence-electron chi connectivity index (χ3n) is 4.14. The van der Waals surface area contributed by atoms with Crippen molar-refractivity contribution in [2.75, 3.05) is 0 Å². The quantitative estimate of drug-likeness (QED) is 0.495. The predicted octanol–water partition coefficient (Wildman–Crippen LogP) is 5.50. The lowest BCUT2D eigenvalue weighted by atomic mass is 9.99. The summed E-state index contributed by atoms with van der Waals surface area (Å²) in [7, 11) is 0. The molecular formula is C21H19F3N2O3S. The van der Waals surface area contributed by atoms with Crippen LogP contribution in [0.5, 0.6) is 5.75 Å². The maximum atomic E-state index is 12.7. The maximum Gasteiger partial charge on any atom is 0.573 e. The molecule has 0 radical (unpaired) electrons. The summed E-state index contributed by atoms with van der Waals surface area (Å²) in [4.78, 5) is 21.5. The zero-order valence-corrected chi connectivity index (χ0v) is 17.0. The Morgan fingerprint density at radius 2 is 1.80 bits per heavy atom. The summed E-state index contributed by atoms with van der Waals surface area (Å²) in [6, 6.07) is 8.56. The largest absolute Gasteiger partial charge is 0.573 e. The number of rotatable bonds is 7. The molecule has 1 aromatic carbocycles. The second kappa shape index (κ2) is 8.53. The first-order valence-electron chi connectivity index (χ1n) is 9.04. The van der Waals surface area contributed by atoms with Crippen molar-refractivity contribution in [2.24, 2.45) is 0 Å². The first-order chi connectivity index (χ1) is 14.0. The van der Waals surface area contributed by atoms with Gasteiger partial charge in [-0.2, -0.15) is 11.3 Å². The number of alkyl halides is 3. The number of benzene rings is 1. The first-order valence-corrected chi connectivity index (χ1v) is 9.98. The van der Waals surface area contributed by atoms with E-state index in [2.05, 4.69) is 14.7 Å². The van der Waals surface area contributed by atoms with Gasteiger partial charge in [-0.15, -0.1) is 13.2 Å². The van der Waals surface area contributed by atoms with Crippen LogP contribution in [0.1, 0.15) is 37.2 Å². The second-order valence-electron chi connectivity index (χ2n) is 7.28. The van der Waals surface area contributed by atoms with Crippen molar-refractivity contribution in [3.05, 3.63) is 52.9 Å². The van der Waals surface area contributed by atoms with E-state index < -0.39 is 12.0 Å². The van der Waals surface area contributed by atoms with E-state index in [1.807, 2.05) is 16.8 Å². The van der Waals surface area contributed by atoms with Crippen LogP contribution in [0, 0.1) is 0 Å². The second-order valence-corrected chi connectivity index (χ2v) is 8.06.